The topological polar surface area (TPSA) is 12.9 Å². The predicted molar refractivity (Wildman–Crippen MR) is 60.2 cm³/mol. The molecule has 0 unspecified atom stereocenters. The normalized spacial score (nSPS) is 8.71. The Kier molecular flexibility index (Phi) is 4.42. The van der Waals surface area contributed by atoms with Gasteiger partial charge in [-0.2, -0.15) is 0 Å². The van der Waals surface area contributed by atoms with Crippen molar-refractivity contribution in [2.45, 2.75) is 13.8 Å². The molecule has 14 heavy (non-hydrogen) atoms. The van der Waals surface area contributed by atoms with Crippen molar-refractivity contribution < 1.29 is 0 Å². The molecule has 0 atom stereocenters. The van der Waals surface area contributed by atoms with Gasteiger partial charge in [-0.1, -0.05) is 41.5 Å². The molecule has 1 heterocycles. The highest BCUT2D eigenvalue weighted by molar-refractivity contribution is 5.20. The van der Waals surface area contributed by atoms with Crippen LogP contribution in [0, 0.1) is 13.8 Å². The van der Waals surface area contributed by atoms with Crippen molar-refractivity contribution in [1.82, 2.24) is 4.98 Å². The van der Waals surface area contributed by atoms with Crippen LogP contribution in [-0.2, 0) is 0 Å². The zero-order valence-electron chi connectivity index (χ0n) is 8.64. The molecule has 0 saturated heterocycles. The summed E-state index contributed by atoms with van der Waals surface area (Å²) < 4.78 is 0. The molecule has 0 aliphatic carbocycles. The maximum absolute atomic E-state index is 3.78. The van der Waals surface area contributed by atoms with Crippen LogP contribution in [0.3, 0.4) is 0 Å². The summed E-state index contributed by atoms with van der Waals surface area (Å²) in [5, 5.41) is 0. The van der Waals surface area contributed by atoms with E-state index in [1.807, 2.05) is 18.2 Å². The highest BCUT2D eigenvalue weighted by Gasteiger charge is 1.80. The van der Waals surface area contributed by atoms with E-state index in [1.165, 1.54) is 11.1 Å². The fraction of sp³-hybridized carbons (Fsp3) is 0.154. The van der Waals surface area contributed by atoms with Gasteiger partial charge in [0.1, 0.15) is 0 Å². The van der Waals surface area contributed by atoms with E-state index in [0.29, 0.717) is 0 Å². The Bertz CT molecular complexity index is 311. The molecule has 0 aliphatic heterocycles. The number of aryl methyl sites for hydroxylation is 2. The average molecular weight is 185 g/mol. The van der Waals surface area contributed by atoms with Gasteiger partial charge in [0.05, 0.1) is 0 Å². The molecular weight excluding hydrogens is 170 g/mol. The van der Waals surface area contributed by atoms with Crippen LogP contribution < -0.4 is 0 Å². The van der Waals surface area contributed by atoms with Crippen molar-refractivity contribution in [1.29, 1.82) is 0 Å². The molecule has 0 aliphatic rings. The van der Waals surface area contributed by atoms with E-state index in [4.69, 9.17) is 0 Å². The zero-order chi connectivity index (χ0) is 10.2. The van der Waals surface area contributed by atoms with E-state index < -0.39 is 0 Å². The number of nitrogens with zero attached hydrogens (tertiary/aromatic N) is 1. The zero-order valence-corrected chi connectivity index (χ0v) is 8.64. The van der Waals surface area contributed by atoms with Gasteiger partial charge in [0, 0.05) is 12.4 Å². The van der Waals surface area contributed by atoms with E-state index in [1.54, 1.807) is 12.4 Å². The van der Waals surface area contributed by atoms with Crippen LogP contribution in [-0.4, -0.2) is 4.98 Å². The lowest BCUT2D eigenvalue weighted by Crippen LogP contribution is -1.71. The summed E-state index contributed by atoms with van der Waals surface area (Å²) in [6.07, 6.45) is 3.50. The van der Waals surface area contributed by atoms with Gasteiger partial charge in [-0.25, -0.2) is 0 Å². The summed E-state index contributed by atoms with van der Waals surface area (Å²) >= 11 is 0. The Morgan fingerprint density at radius 1 is 0.786 bits per heavy atom. The van der Waals surface area contributed by atoms with E-state index in [2.05, 4.69) is 43.1 Å². The first-order valence-corrected chi connectivity index (χ1v) is 4.67. The average Bonchev–Trinajstić information content (AvgIpc) is 2.21. The van der Waals surface area contributed by atoms with Gasteiger partial charge in [0.2, 0.25) is 0 Å². The Labute approximate surface area is 85.4 Å². The van der Waals surface area contributed by atoms with Gasteiger partial charge in [-0.05, 0) is 26.0 Å². The van der Waals surface area contributed by atoms with Crippen molar-refractivity contribution in [3.8, 4) is 0 Å². The van der Waals surface area contributed by atoms with Crippen LogP contribution in [0.4, 0.5) is 0 Å². The summed E-state index contributed by atoms with van der Waals surface area (Å²) in [5.74, 6) is 0. The fourth-order valence-corrected chi connectivity index (χ4v) is 1.12. The molecule has 1 aromatic heterocycles. The summed E-state index contributed by atoms with van der Waals surface area (Å²) in [5.41, 5.74) is 2.68. The summed E-state index contributed by atoms with van der Waals surface area (Å²) in [6.45, 7) is 4.21. The van der Waals surface area contributed by atoms with Crippen LogP contribution in [0.1, 0.15) is 11.1 Å². The molecule has 2 rings (SSSR count). The van der Waals surface area contributed by atoms with Gasteiger partial charge < -0.3 is 0 Å². The van der Waals surface area contributed by atoms with E-state index in [9.17, 15) is 0 Å². The van der Waals surface area contributed by atoms with Crippen LogP contribution in [0.5, 0.6) is 0 Å². The summed E-state index contributed by atoms with van der Waals surface area (Å²) in [4.78, 5) is 3.78. The third-order valence-electron chi connectivity index (χ3n) is 1.74. The van der Waals surface area contributed by atoms with Crippen LogP contribution >= 0.6 is 0 Å². The minimum atomic E-state index is 1.34. The smallest absolute Gasteiger partial charge is 0.0267 e. The third-order valence-corrected chi connectivity index (χ3v) is 1.74. The largest absolute Gasteiger partial charge is 0.265 e. The van der Waals surface area contributed by atoms with Crippen molar-refractivity contribution >= 4 is 0 Å². The minimum absolute atomic E-state index is 1.34. The molecule has 2 aromatic rings. The fourth-order valence-electron chi connectivity index (χ4n) is 1.12. The minimum Gasteiger partial charge on any atom is -0.265 e. The van der Waals surface area contributed by atoms with Crippen LogP contribution in [0.2, 0.25) is 0 Å². The Balaban J connectivity index is 0.000000146. The molecule has 72 valence electrons. The number of hydrogen-bond donors (Lipinski definition) is 0. The summed E-state index contributed by atoms with van der Waals surface area (Å²) in [6, 6.07) is 14.2. The lowest BCUT2D eigenvalue weighted by Gasteiger charge is -1.90. The molecule has 0 amide bonds. The molecule has 0 bridgehead atoms. The molecule has 1 aromatic carbocycles. The van der Waals surface area contributed by atoms with E-state index in [-0.39, 0.29) is 0 Å². The Morgan fingerprint density at radius 3 is 1.57 bits per heavy atom. The van der Waals surface area contributed by atoms with Gasteiger partial charge in [0.15, 0.2) is 0 Å². The second-order valence-electron chi connectivity index (χ2n) is 3.18. The molecule has 1 heteroatoms. The molecule has 0 spiro atoms. The maximum atomic E-state index is 3.78. The number of benzene rings is 1. The molecule has 0 N–H and O–H groups in total. The number of hydrogen-bond acceptors (Lipinski definition) is 1. The first-order valence-electron chi connectivity index (χ1n) is 4.67. The van der Waals surface area contributed by atoms with Crippen molar-refractivity contribution in [2.75, 3.05) is 0 Å². The monoisotopic (exact) mass is 185 g/mol. The first kappa shape index (κ1) is 10.5. The van der Waals surface area contributed by atoms with Crippen LogP contribution in [0.15, 0.2) is 54.9 Å². The molecule has 1 nitrogen and oxygen atoms in total. The van der Waals surface area contributed by atoms with Crippen molar-refractivity contribution in [2.24, 2.45) is 0 Å². The van der Waals surface area contributed by atoms with Crippen molar-refractivity contribution in [3.63, 3.8) is 0 Å². The van der Waals surface area contributed by atoms with Gasteiger partial charge >= 0.3 is 0 Å². The molecule has 0 radical (unpaired) electrons. The second kappa shape index (κ2) is 5.92. The van der Waals surface area contributed by atoms with Gasteiger partial charge in [-0.3, -0.25) is 4.98 Å². The molecule has 0 fully saturated rings. The quantitative estimate of drug-likeness (QED) is 0.613. The molecule has 0 saturated carbocycles. The lowest BCUT2D eigenvalue weighted by molar-refractivity contribution is 1.33. The van der Waals surface area contributed by atoms with E-state index >= 15 is 0 Å². The predicted octanol–water partition coefficient (Wildman–Crippen LogP) is 3.39. The first-order chi connectivity index (χ1) is 6.79. The van der Waals surface area contributed by atoms with Crippen molar-refractivity contribution in [3.05, 3.63) is 66.0 Å². The van der Waals surface area contributed by atoms with Crippen LogP contribution in [0.25, 0.3) is 0 Å². The van der Waals surface area contributed by atoms with E-state index in [0.717, 1.165) is 0 Å². The standard InChI is InChI=1S/C8H10.C5H5N/c1-7-4-3-5-8(2)6-7;1-2-4-6-5-3-1/h3-6H,1-2H3;1-5H. The number of rotatable bonds is 0. The number of pyridine rings is 1. The van der Waals surface area contributed by atoms with Gasteiger partial charge in [0.25, 0.3) is 0 Å². The SMILES string of the molecule is Cc1cccc(C)c1.c1ccncc1. The summed E-state index contributed by atoms with van der Waals surface area (Å²) in [7, 11) is 0. The number of aromatic nitrogens is 1. The maximum Gasteiger partial charge on any atom is 0.0267 e. The lowest BCUT2D eigenvalue weighted by atomic mass is 10.2. The molecular formula is C13H15N. The highest BCUT2D eigenvalue weighted by Crippen LogP contribution is 2.00. The van der Waals surface area contributed by atoms with Gasteiger partial charge in [-0.15, -0.1) is 0 Å². The second-order valence-corrected chi connectivity index (χ2v) is 3.18. The third kappa shape index (κ3) is 4.41. The Hall–Kier alpha value is -1.63. The highest BCUT2D eigenvalue weighted by atomic mass is 14.6. The Morgan fingerprint density at radius 2 is 1.36 bits per heavy atom.